The number of thiocyanates is 2. The third-order valence-corrected chi connectivity index (χ3v) is 13.4. The highest BCUT2D eigenvalue weighted by Crippen LogP contribution is 2.57. The Bertz CT molecular complexity index is 2830. The van der Waals surface area contributed by atoms with Crippen molar-refractivity contribution in [3.05, 3.63) is 162 Å². The van der Waals surface area contributed by atoms with Crippen LogP contribution in [0.4, 0.5) is 28.4 Å². The van der Waals surface area contributed by atoms with Crippen LogP contribution in [0.15, 0.2) is 156 Å². The molecule has 0 atom stereocenters. The van der Waals surface area contributed by atoms with Crippen LogP contribution in [0.25, 0.3) is 33.3 Å². The number of aromatic nitrogens is 2. The average molecular weight is 819 g/mol. The number of nitrogens with zero attached hydrogens (tertiary/aromatic N) is 6. The summed E-state index contributed by atoms with van der Waals surface area (Å²) in [5.74, 6) is 0. The molecule has 60 heavy (non-hydrogen) atoms. The third kappa shape index (κ3) is 6.34. The zero-order valence-electron chi connectivity index (χ0n) is 34.9. The van der Waals surface area contributed by atoms with E-state index >= 15 is 0 Å². The molecule has 8 heteroatoms. The maximum absolute atomic E-state index is 9.75. The monoisotopic (exact) mass is 818 g/mol. The van der Waals surface area contributed by atoms with Crippen molar-refractivity contribution in [3.8, 4) is 33.3 Å². The van der Waals surface area contributed by atoms with Gasteiger partial charge in [-0.1, -0.05) is 101 Å². The summed E-state index contributed by atoms with van der Waals surface area (Å²) in [7, 11) is 0. The van der Waals surface area contributed by atoms with Gasteiger partial charge in [-0.15, -0.1) is 13.2 Å². The molecule has 6 aromatic rings. The Morgan fingerprint density at radius 2 is 1.10 bits per heavy atom. The molecule has 4 aliphatic rings. The molecule has 0 unspecified atom stereocenters. The average Bonchev–Trinajstić information content (AvgIpc) is 3.57. The first-order chi connectivity index (χ1) is 29.1. The number of fused-ring (bicyclic) bond motifs is 6. The third-order valence-electron chi connectivity index (χ3n) is 12.1. The minimum absolute atomic E-state index is 0.111. The molecule has 0 spiro atoms. The number of nitriles is 2. The summed E-state index contributed by atoms with van der Waals surface area (Å²) < 4.78 is 0. The van der Waals surface area contributed by atoms with Crippen molar-refractivity contribution in [2.24, 2.45) is 0 Å². The van der Waals surface area contributed by atoms with E-state index in [4.69, 9.17) is 9.97 Å². The maximum Gasteiger partial charge on any atom is 0.145 e. The van der Waals surface area contributed by atoms with Gasteiger partial charge >= 0.3 is 0 Å². The van der Waals surface area contributed by atoms with E-state index in [2.05, 4.69) is 171 Å². The summed E-state index contributed by atoms with van der Waals surface area (Å²) in [5.41, 5.74) is 15.1. The number of rotatable bonds is 4. The normalized spacial score (nSPS) is 15.6. The lowest BCUT2D eigenvalue weighted by Gasteiger charge is -2.44. The Morgan fingerprint density at radius 1 is 0.650 bits per heavy atom. The second kappa shape index (κ2) is 16.0. The molecule has 3 heterocycles. The minimum Gasteiger partial charge on any atom is -0.310 e. The van der Waals surface area contributed by atoms with Crippen molar-refractivity contribution in [3.63, 3.8) is 0 Å². The Morgan fingerprint density at radius 3 is 1.58 bits per heavy atom. The van der Waals surface area contributed by atoms with Crippen molar-refractivity contribution < 1.29 is 0 Å². The molecule has 0 saturated carbocycles. The van der Waals surface area contributed by atoms with Gasteiger partial charge in [-0.2, -0.15) is 10.5 Å². The van der Waals surface area contributed by atoms with E-state index in [0.29, 0.717) is 10.1 Å². The molecule has 0 fully saturated rings. The van der Waals surface area contributed by atoms with Crippen LogP contribution in [0, 0.1) is 21.3 Å². The van der Waals surface area contributed by atoms with Crippen LogP contribution in [-0.2, 0) is 10.8 Å². The molecule has 2 aliphatic heterocycles. The fraction of sp³-hybridized carbons (Fsp3) is 0.192. The Labute approximate surface area is 362 Å². The lowest BCUT2D eigenvalue weighted by atomic mass is 9.70. The van der Waals surface area contributed by atoms with Crippen molar-refractivity contribution in [1.29, 1.82) is 10.5 Å². The van der Waals surface area contributed by atoms with Gasteiger partial charge in [0.1, 0.15) is 20.9 Å². The molecule has 0 radical (unpaired) electrons. The fourth-order valence-corrected chi connectivity index (χ4v) is 10.3. The highest BCUT2D eigenvalue weighted by Gasteiger charge is 2.40. The standard InChI is InChI=1S/C46H34N6S2.C4H8.C2H4/c1-45(2)32-13-5-9-17-36(32)51(37-18-10-6-14-33(37)45)28-21-27-22-29(52-38-19-11-7-15-34(38)46(3,4)35-16-8-12-20-39(35)52)24-31-40(27)30(23-28)41-42(31)50-44(54-26-48)43(49-41)53-25-47;1-3-4-2;1-2/h5-7,9-15,17-24H,8,16H2,1-4H3;3-4H,1-2H3;1-2H2/b;4-3-;. The second-order valence-electron chi connectivity index (χ2n) is 15.9. The van der Waals surface area contributed by atoms with Crippen LogP contribution >= 0.6 is 23.5 Å². The number of hydrogen-bond donors (Lipinski definition) is 0. The Balaban J connectivity index is 0.000000787. The predicted octanol–water partition coefficient (Wildman–Crippen LogP) is 15.0. The number of anilines is 5. The molecule has 296 valence electrons. The van der Waals surface area contributed by atoms with E-state index in [0.717, 1.165) is 92.4 Å². The summed E-state index contributed by atoms with van der Waals surface area (Å²) in [5, 5.41) is 26.9. The second-order valence-corrected chi connectivity index (χ2v) is 17.5. The highest BCUT2D eigenvalue weighted by molar-refractivity contribution is 8.06. The molecule has 10 rings (SSSR count). The van der Waals surface area contributed by atoms with Crippen LogP contribution in [0.5, 0.6) is 0 Å². The lowest BCUT2D eigenvalue weighted by molar-refractivity contribution is 0.571. The van der Waals surface area contributed by atoms with Gasteiger partial charge in [0, 0.05) is 67.9 Å². The Hall–Kier alpha value is -6.32. The molecule has 6 nitrogen and oxygen atoms in total. The van der Waals surface area contributed by atoms with E-state index in [-0.39, 0.29) is 10.8 Å². The minimum atomic E-state index is -0.192. The largest absolute Gasteiger partial charge is 0.310 e. The van der Waals surface area contributed by atoms with Gasteiger partial charge in [0.25, 0.3) is 0 Å². The van der Waals surface area contributed by atoms with Crippen molar-refractivity contribution >= 4 is 62.7 Å². The molecular weight excluding hydrogens is 773 g/mol. The van der Waals surface area contributed by atoms with Crippen molar-refractivity contribution in [1.82, 2.24) is 9.97 Å². The van der Waals surface area contributed by atoms with E-state index in [1.165, 1.54) is 33.6 Å². The van der Waals surface area contributed by atoms with Gasteiger partial charge < -0.3 is 9.80 Å². The van der Waals surface area contributed by atoms with Gasteiger partial charge in [0.2, 0.25) is 0 Å². The number of thioether (sulfide) groups is 2. The van der Waals surface area contributed by atoms with Crippen molar-refractivity contribution in [2.75, 3.05) is 9.80 Å². The summed E-state index contributed by atoms with van der Waals surface area (Å²) in [6, 6.07) is 35.3. The first kappa shape index (κ1) is 40.5. The number of allylic oxidation sites excluding steroid dienone is 5. The first-order valence-electron chi connectivity index (χ1n) is 20.2. The number of benzene rings is 5. The maximum atomic E-state index is 9.75. The van der Waals surface area contributed by atoms with Crippen LogP contribution in [-0.4, -0.2) is 9.97 Å². The predicted molar refractivity (Wildman–Crippen MR) is 252 cm³/mol. The zero-order valence-corrected chi connectivity index (χ0v) is 36.5. The molecule has 2 aliphatic carbocycles. The fourth-order valence-electron chi connectivity index (χ4n) is 9.32. The van der Waals surface area contributed by atoms with Crippen LogP contribution in [0.1, 0.15) is 71.1 Å². The lowest BCUT2D eigenvalue weighted by Crippen LogP contribution is -2.34. The van der Waals surface area contributed by atoms with Crippen molar-refractivity contribution in [2.45, 2.75) is 75.3 Å². The smallest absolute Gasteiger partial charge is 0.145 e. The molecule has 5 aromatic carbocycles. The molecule has 0 saturated heterocycles. The number of para-hydroxylation sites is 3. The van der Waals surface area contributed by atoms with Gasteiger partial charge in [-0.25, -0.2) is 9.97 Å². The van der Waals surface area contributed by atoms with Crippen LogP contribution in [0.3, 0.4) is 0 Å². The van der Waals surface area contributed by atoms with E-state index in [1.54, 1.807) is 0 Å². The van der Waals surface area contributed by atoms with E-state index in [1.807, 2.05) is 26.0 Å². The molecular formula is C52H46N6S2. The van der Waals surface area contributed by atoms with Gasteiger partial charge in [-0.05, 0) is 103 Å². The number of hydrogen-bond acceptors (Lipinski definition) is 8. The molecule has 0 N–H and O–H groups in total. The first-order valence-corrected chi connectivity index (χ1v) is 21.8. The summed E-state index contributed by atoms with van der Waals surface area (Å²) in [4.78, 5) is 15.0. The topological polar surface area (TPSA) is 79.8 Å². The van der Waals surface area contributed by atoms with E-state index < -0.39 is 0 Å². The Kier molecular flexibility index (Phi) is 10.8. The molecule has 1 aromatic heterocycles. The highest BCUT2D eigenvalue weighted by atomic mass is 32.2. The summed E-state index contributed by atoms with van der Waals surface area (Å²) >= 11 is 1.90. The quantitative estimate of drug-likeness (QED) is 0.0987. The molecule has 0 bridgehead atoms. The molecule has 0 amide bonds. The van der Waals surface area contributed by atoms with Gasteiger partial charge in [0.15, 0.2) is 0 Å². The zero-order chi connectivity index (χ0) is 42.3. The van der Waals surface area contributed by atoms with E-state index in [9.17, 15) is 10.5 Å². The summed E-state index contributed by atoms with van der Waals surface area (Å²) in [6.07, 6.45) is 10.6. The van der Waals surface area contributed by atoms with Gasteiger partial charge in [-0.3, -0.25) is 0 Å². The van der Waals surface area contributed by atoms with Crippen LogP contribution in [0.2, 0.25) is 0 Å². The summed E-state index contributed by atoms with van der Waals surface area (Å²) in [6.45, 7) is 19.3. The SMILES string of the molecule is C/C=C\C.C=C.CC1(C)C2=C(C=CCC2)N(c2cc3c4c(cc(N5c6ccccc6C(C)(C)c6ccccc65)cc4c2)-c2nc(SC#N)c(SC#N)nc2-3)c2ccccc21. The van der Waals surface area contributed by atoms with Gasteiger partial charge in [0.05, 0.1) is 28.5 Å². The van der Waals surface area contributed by atoms with Crippen LogP contribution < -0.4 is 9.80 Å².